The fraction of sp³-hybridized carbons (Fsp3) is 0.667. The van der Waals surface area contributed by atoms with E-state index in [1.54, 1.807) is 13.2 Å². The molecule has 0 saturated carbocycles. The number of piperidine rings is 1. The normalized spacial score (nSPS) is 18.5. The molecule has 0 spiro atoms. The van der Waals surface area contributed by atoms with Crippen molar-refractivity contribution in [3.63, 3.8) is 0 Å². The molecule has 1 aromatic rings. The molecule has 0 unspecified atom stereocenters. The summed E-state index contributed by atoms with van der Waals surface area (Å²) in [5.74, 6) is 1.25. The third-order valence-electron chi connectivity index (χ3n) is 4.24. The molecule has 1 aliphatic heterocycles. The minimum absolute atomic E-state index is 0.0401. The van der Waals surface area contributed by atoms with E-state index in [1.165, 1.54) is 17.7 Å². The number of hydrogen-bond acceptors (Lipinski definition) is 4. The fourth-order valence-corrected chi connectivity index (χ4v) is 3.92. The summed E-state index contributed by atoms with van der Waals surface area (Å²) in [6.45, 7) is 7.36. The highest BCUT2D eigenvalue weighted by atomic mass is 32.2. The van der Waals surface area contributed by atoms with Crippen molar-refractivity contribution in [1.29, 1.82) is 0 Å². The number of rotatable bonds is 4. The van der Waals surface area contributed by atoms with E-state index in [1.807, 2.05) is 16.7 Å². The third-order valence-corrected chi connectivity index (χ3v) is 5.65. The molecular weight excluding hydrogens is 324 g/mol. The zero-order valence-electron chi connectivity index (χ0n) is 15.3. The number of hydrogen-bond donors (Lipinski definition) is 0. The minimum atomic E-state index is -0.179. The number of ether oxygens (including phenoxy) is 1. The van der Waals surface area contributed by atoms with Crippen LogP contribution in [0.15, 0.2) is 17.1 Å². The number of carbonyl (C=O) groups is 1. The van der Waals surface area contributed by atoms with E-state index >= 15 is 0 Å². The van der Waals surface area contributed by atoms with Crippen molar-refractivity contribution in [1.82, 2.24) is 9.47 Å². The maximum absolute atomic E-state index is 13.1. The summed E-state index contributed by atoms with van der Waals surface area (Å²) < 4.78 is 6.89. The van der Waals surface area contributed by atoms with Crippen molar-refractivity contribution in [3.05, 3.63) is 28.2 Å². The second-order valence-electron chi connectivity index (χ2n) is 7.28. The van der Waals surface area contributed by atoms with Gasteiger partial charge < -0.3 is 14.2 Å². The van der Waals surface area contributed by atoms with Gasteiger partial charge in [0.15, 0.2) is 0 Å². The lowest BCUT2D eigenvalue weighted by Crippen LogP contribution is -2.46. The van der Waals surface area contributed by atoms with Gasteiger partial charge in [-0.2, -0.15) is 11.8 Å². The van der Waals surface area contributed by atoms with E-state index in [0.29, 0.717) is 11.3 Å². The van der Waals surface area contributed by atoms with Crippen LogP contribution in [-0.2, 0) is 7.05 Å². The first-order valence-electron chi connectivity index (χ1n) is 8.42. The summed E-state index contributed by atoms with van der Waals surface area (Å²) in [7, 11) is 3.15. The van der Waals surface area contributed by atoms with Crippen molar-refractivity contribution in [3.8, 4) is 5.75 Å². The second kappa shape index (κ2) is 7.64. The molecule has 134 valence electrons. The number of likely N-dealkylation sites (tertiary alicyclic amines) is 1. The Morgan fingerprint density at radius 1 is 1.38 bits per heavy atom. The van der Waals surface area contributed by atoms with Crippen LogP contribution in [0, 0.1) is 0 Å². The van der Waals surface area contributed by atoms with Crippen LogP contribution in [-0.4, -0.2) is 45.6 Å². The second-order valence-corrected chi connectivity index (χ2v) is 9.12. The molecule has 6 heteroatoms. The standard InChI is InChI=1S/C18H28N2O3S/c1-18(2,3)24-12-13-8-6-7-9-20(13)17(22)14-11-19(4)16(21)10-15(14)23-5/h10-11,13H,6-9,12H2,1-5H3/t13-/m0/s1. The molecule has 2 heterocycles. The average molecular weight is 353 g/mol. The quantitative estimate of drug-likeness (QED) is 0.836. The highest BCUT2D eigenvalue weighted by Crippen LogP contribution is 2.30. The Bertz CT molecular complexity index is 649. The van der Waals surface area contributed by atoms with Crippen LogP contribution in [0.1, 0.15) is 50.4 Å². The summed E-state index contributed by atoms with van der Waals surface area (Å²) in [5, 5.41) is 0. The van der Waals surface area contributed by atoms with E-state index in [0.717, 1.165) is 31.6 Å². The van der Waals surface area contributed by atoms with E-state index in [9.17, 15) is 9.59 Å². The number of thioether (sulfide) groups is 1. The van der Waals surface area contributed by atoms with Crippen molar-refractivity contribution < 1.29 is 9.53 Å². The summed E-state index contributed by atoms with van der Waals surface area (Å²) in [4.78, 5) is 26.8. The molecule has 24 heavy (non-hydrogen) atoms. The number of pyridine rings is 1. The van der Waals surface area contributed by atoms with Crippen LogP contribution in [0.5, 0.6) is 5.75 Å². The third kappa shape index (κ3) is 4.56. The Labute approximate surface area is 148 Å². The fourth-order valence-electron chi connectivity index (χ4n) is 2.88. The van der Waals surface area contributed by atoms with Gasteiger partial charge in [0.2, 0.25) is 0 Å². The Kier molecular flexibility index (Phi) is 6.01. The molecule has 1 amide bonds. The van der Waals surface area contributed by atoms with Gasteiger partial charge in [-0.05, 0) is 19.3 Å². The van der Waals surface area contributed by atoms with Gasteiger partial charge in [-0.1, -0.05) is 20.8 Å². The van der Waals surface area contributed by atoms with Gasteiger partial charge in [0.05, 0.1) is 12.7 Å². The molecule has 0 radical (unpaired) electrons. The molecule has 1 fully saturated rings. The van der Waals surface area contributed by atoms with Crippen LogP contribution in [0.25, 0.3) is 0 Å². The van der Waals surface area contributed by atoms with E-state index in [-0.39, 0.29) is 22.3 Å². The Hall–Kier alpha value is -1.43. The number of nitrogens with zero attached hydrogens (tertiary/aromatic N) is 2. The molecule has 0 N–H and O–H groups in total. The number of methoxy groups -OCH3 is 1. The highest BCUT2D eigenvalue weighted by Gasteiger charge is 2.30. The summed E-state index contributed by atoms with van der Waals surface area (Å²) in [6.07, 6.45) is 4.80. The predicted octanol–water partition coefficient (Wildman–Crippen LogP) is 2.92. The van der Waals surface area contributed by atoms with E-state index in [2.05, 4.69) is 20.8 Å². The Morgan fingerprint density at radius 3 is 2.71 bits per heavy atom. The van der Waals surface area contributed by atoms with Crippen LogP contribution in [0.2, 0.25) is 0 Å². The maximum atomic E-state index is 13.1. The SMILES string of the molecule is COc1cc(=O)n(C)cc1C(=O)N1CCCC[C@H]1CSC(C)(C)C. The van der Waals surface area contributed by atoms with Crippen LogP contribution in [0.3, 0.4) is 0 Å². The Morgan fingerprint density at radius 2 is 2.08 bits per heavy atom. The number of carbonyl (C=O) groups excluding carboxylic acids is 1. The smallest absolute Gasteiger partial charge is 0.259 e. The first-order valence-corrected chi connectivity index (χ1v) is 9.41. The van der Waals surface area contributed by atoms with E-state index in [4.69, 9.17) is 4.74 Å². The van der Waals surface area contributed by atoms with Gasteiger partial charge in [-0.3, -0.25) is 9.59 Å². The van der Waals surface area contributed by atoms with Crippen molar-refractivity contribution in [2.45, 2.75) is 50.8 Å². The van der Waals surface area contributed by atoms with Gasteiger partial charge in [-0.15, -0.1) is 0 Å². The summed E-state index contributed by atoms with van der Waals surface area (Å²) >= 11 is 1.89. The molecule has 0 bridgehead atoms. The first kappa shape index (κ1) is 18.9. The molecule has 0 aromatic carbocycles. The zero-order chi connectivity index (χ0) is 17.9. The molecule has 1 aliphatic rings. The van der Waals surface area contributed by atoms with Crippen molar-refractivity contribution >= 4 is 17.7 Å². The van der Waals surface area contributed by atoms with Gasteiger partial charge in [0.25, 0.3) is 11.5 Å². The van der Waals surface area contributed by atoms with Gasteiger partial charge in [0.1, 0.15) is 5.75 Å². The summed E-state index contributed by atoms with van der Waals surface area (Å²) in [6, 6.07) is 1.62. The Balaban J connectivity index is 2.25. The lowest BCUT2D eigenvalue weighted by Gasteiger charge is -2.37. The lowest BCUT2D eigenvalue weighted by molar-refractivity contribution is 0.0636. The maximum Gasteiger partial charge on any atom is 0.259 e. The van der Waals surface area contributed by atoms with Crippen LogP contribution < -0.4 is 10.3 Å². The molecule has 1 atom stereocenters. The number of aryl methyl sites for hydroxylation is 1. The highest BCUT2D eigenvalue weighted by molar-refractivity contribution is 8.00. The first-order chi connectivity index (χ1) is 11.2. The molecule has 2 rings (SSSR count). The monoisotopic (exact) mass is 352 g/mol. The average Bonchev–Trinajstić information content (AvgIpc) is 2.54. The van der Waals surface area contributed by atoms with Gasteiger partial charge >= 0.3 is 0 Å². The summed E-state index contributed by atoms with van der Waals surface area (Å²) in [5.41, 5.74) is 0.286. The zero-order valence-corrected chi connectivity index (χ0v) is 16.1. The largest absolute Gasteiger partial charge is 0.496 e. The van der Waals surface area contributed by atoms with Gasteiger partial charge in [-0.25, -0.2) is 0 Å². The van der Waals surface area contributed by atoms with E-state index < -0.39 is 0 Å². The molecule has 1 saturated heterocycles. The minimum Gasteiger partial charge on any atom is -0.496 e. The van der Waals surface area contributed by atoms with Crippen molar-refractivity contribution in [2.24, 2.45) is 7.05 Å². The van der Waals surface area contributed by atoms with Gasteiger partial charge in [0, 0.05) is 42.4 Å². The molecule has 1 aromatic heterocycles. The van der Waals surface area contributed by atoms with Crippen molar-refractivity contribution in [2.75, 3.05) is 19.4 Å². The van der Waals surface area contributed by atoms with Crippen LogP contribution in [0.4, 0.5) is 0 Å². The number of aromatic nitrogens is 1. The van der Waals surface area contributed by atoms with Crippen LogP contribution >= 0.6 is 11.8 Å². The molecule has 5 nitrogen and oxygen atoms in total. The topological polar surface area (TPSA) is 51.5 Å². The lowest BCUT2D eigenvalue weighted by atomic mass is 10.0. The molecule has 0 aliphatic carbocycles. The molecular formula is C18H28N2O3S. The predicted molar refractivity (Wildman–Crippen MR) is 99.1 cm³/mol. The number of amides is 1.